The molecular weight excluding hydrogens is 206 g/mol. The predicted molar refractivity (Wildman–Crippen MR) is 58.3 cm³/mol. The van der Waals surface area contributed by atoms with Crippen LogP contribution in [0.15, 0.2) is 12.4 Å². The van der Waals surface area contributed by atoms with Crippen LogP contribution in [-0.2, 0) is 0 Å². The number of aromatic nitrogens is 2. The molecule has 2 rings (SSSR count). The van der Waals surface area contributed by atoms with Gasteiger partial charge in [0.25, 0.3) is 5.91 Å². The summed E-state index contributed by atoms with van der Waals surface area (Å²) in [6.07, 6.45) is 4.72. The van der Waals surface area contributed by atoms with E-state index in [9.17, 15) is 4.79 Å². The minimum absolute atomic E-state index is 0.0274. The van der Waals surface area contributed by atoms with Gasteiger partial charge in [-0.15, -0.1) is 0 Å². The first-order chi connectivity index (χ1) is 7.81. The summed E-state index contributed by atoms with van der Waals surface area (Å²) in [5.41, 5.74) is 0.411. The molecule has 0 N–H and O–H groups in total. The fraction of sp³-hybridized carbons (Fsp3) is 0.545. The number of rotatable bonds is 2. The molecular formula is C11H15N3O2. The van der Waals surface area contributed by atoms with Crippen LogP contribution in [0.2, 0.25) is 0 Å². The molecule has 1 aliphatic heterocycles. The van der Waals surface area contributed by atoms with E-state index in [-0.39, 0.29) is 5.91 Å². The van der Waals surface area contributed by atoms with Gasteiger partial charge in [0.2, 0.25) is 5.88 Å². The molecule has 1 aromatic rings. The van der Waals surface area contributed by atoms with Gasteiger partial charge in [0, 0.05) is 19.2 Å². The van der Waals surface area contributed by atoms with Gasteiger partial charge in [0.1, 0.15) is 12.0 Å². The van der Waals surface area contributed by atoms with Crippen molar-refractivity contribution in [3.8, 4) is 5.88 Å². The van der Waals surface area contributed by atoms with E-state index in [1.165, 1.54) is 19.9 Å². The quantitative estimate of drug-likeness (QED) is 0.750. The van der Waals surface area contributed by atoms with Crippen molar-refractivity contribution in [3.63, 3.8) is 0 Å². The second kappa shape index (κ2) is 4.92. The number of nitrogens with zero attached hydrogens (tertiary/aromatic N) is 3. The Balaban J connectivity index is 2.12. The van der Waals surface area contributed by atoms with E-state index in [4.69, 9.17) is 4.74 Å². The van der Waals surface area contributed by atoms with Crippen LogP contribution in [0.5, 0.6) is 5.88 Å². The van der Waals surface area contributed by atoms with E-state index in [1.807, 2.05) is 4.90 Å². The van der Waals surface area contributed by atoms with Crippen LogP contribution in [0.25, 0.3) is 0 Å². The number of ether oxygens (including phenoxy) is 1. The lowest BCUT2D eigenvalue weighted by molar-refractivity contribution is 0.0717. The second-order valence-electron chi connectivity index (χ2n) is 3.80. The lowest BCUT2D eigenvalue weighted by Gasteiger charge is -2.26. The van der Waals surface area contributed by atoms with Crippen molar-refractivity contribution in [2.45, 2.75) is 19.3 Å². The van der Waals surface area contributed by atoms with Crippen LogP contribution in [-0.4, -0.2) is 41.0 Å². The average Bonchev–Trinajstić information content (AvgIpc) is 2.39. The number of methoxy groups -OCH3 is 1. The van der Waals surface area contributed by atoms with Gasteiger partial charge in [-0.1, -0.05) is 0 Å². The molecule has 16 heavy (non-hydrogen) atoms. The van der Waals surface area contributed by atoms with Crippen molar-refractivity contribution in [3.05, 3.63) is 18.1 Å². The number of likely N-dealkylation sites (tertiary alicyclic amines) is 1. The summed E-state index contributed by atoms with van der Waals surface area (Å²) in [6.45, 7) is 1.65. The highest BCUT2D eigenvalue weighted by Crippen LogP contribution is 2.13. The molecule has 2 heterocycles. The minimum Gasteiger partial charge on any atom is -0.481 e. The molecule has 0 atom stereocenters. The lowest BCUT2D eigenvalue weighted by Crippen LogP contribution is -2.36. The highest BCUT2D eigenvalue weighted by atomic mass is 16.5. The van der Waals surface area contributed by atoms with Crippen LogP contribution >= 0.6 is 0 Å². The normalized spacial score (nSPS) is 15.9. The Hall–Kier alpha value is -1.65. The number of carbonyl (C=O) groups is 1. The predicted octanol–water partition coefficient (Wildman–Crippen LogP) is 1.11. The van der Waals surface area contributed by atoms with Crippen molar-refractivity contribution in [2.75, 3.05) is 20.2 Å². The highest BCUT2D eigenvalue weighted by molar-refractivity contribution is 5.92. The summed E-state index contributed by atoms with van der Waals surface area (Å²) < 4.78 is 4.97. The maximum Gasteiger partial charge on any atom is 0.272 e. The van der Waals surface area contributed by atoms with E-state index in [0.29, 0.717) is 11.6 Å². The Bertz CT molecular complexity index is 375. The summed E-state index contributed by atoms with van der Waals surface area (Å²) in [6, 6.07) is 1.58. The lowest BCUT2D eigenvalue weighted by atomic mass is 10.1. The smallest absolute Gasteiger partial charge is 0.272 e. The maximum absolute atomic E-state index is 12.0. The monoisotopic (exact) mass is 221 g/mol. The summed E-state index contributed by atoms with van der Waals surface area (Å²) in [7, 11) is 1.53. The van der Waals surface area contributed by atoms with E-state index < -0.39 is 0 Å². The van der Waals surface area contributed by atoms with Crippen LogP contribution < -0.4 is 4.74 Å². The van der Waals surface area contributed by atoms with Gasteiger partial charge < -0.3 is 9.64 Å². The van der Waals surface area contributed by atoms with Crippen LogP contribution in [0.3, 0.4) is 0 Å². The fourth-order valence-corrected chi connectivity index (χ4v) is 1.83. The first kappa shape index (κ1) is 10.9. The molecule has 1 aliphatic rings. The molecule has 1 fully saturated rings. The van der Waals surface area contributed by atoms with Crippen LogP contribution in [0.4, 0.5) is 0 Å². The Morgan fingerprint density at radius 3 is 2.75 bits per heavy atom. The second-order valence-corrected chi connectivity index (χ2v) is 3.80. The van der Waals surface area contributed by atoms with Crippen molar-refractivity contribution in [1.29, 1.82) is 0 Å². The first-order valence-corrected chi connectivity index (χ1v) is 5.46. The van der Waals surface area contributed by atoms with Crippen molar-refractivity contribution >= 4 is 5.91 Å². The maximum atomic E-state index is 12.0. The Morgan fingerprint density at radius 1 is 1.31 bits per heavy atom. The molecule has 0 unspecified atom stereocenters. The van der Waals surface area contributed by atoms with Gasteiger partial charge in [-0.2, -0.15) is 0 Å². The molecule has 0 aliphatic carbocycles. The molecule has 0 spiro atoms. The highest BCUT2D eigenvalue weighted by Gasteiger charge is 2.19. The van der Waals surface area contributed by atoms with Crippen LogP contribution in [0, 0.1) is 0 Å². The molecule has 5 nitrogen and oxygen atoms in total. The summed E-state index contributed by atoms with van der Waals surface area (Å²) >= 11 is 0. The molecule has 1 saturated heterocycles. The Labute approximate surface area is 94.5 Å². The minimum atomic E-state index is -0.0274. The SMILES string of the molecule is COc1cc(C(=O)N2CCCCC2)ncn1. The van der Waals surface area contributed by atoms with E-state index in [0.717, 1.165) is 25.9 Å². The summed E-state index contributed by atoms with van der Waals surface area (Å²) in [5, 5.41) is 0. The molecule has 0 saturated carbocycles. The molecule has 1 aromatic heterocycles. The molecule has 86 valence electrons. The number of amides is 1. The van der Waals surface area contributed by atoms with Crippen molar-refractivity contribution < 1.29 is 9.53 Å². The van der Waals surface area contributed by atoms with Gasteiger partial charge in [-0.3, -0.25) is 4.79 Å². The third-order valence-corrected chi connectivity index (χ3v) is 2.71. The summed E-state index contributed by atoms with van der Waals surface area (Å²) in [4.78, 5) is 21.7. The Morgan fingerprint density at radius 2 is 2.06 bits per heavy atom. The number of hydrogen-bond acceptors (Lipinski definition) is 4. The fourth-order valence-electron chi connectivity index (χ4n) is 1.83. The average molecular weight is 221 g/mol. The largest absolute Gasteiger partial charge is 0.481 e. The van der Waals surface area contributed by atoms with Gasteiger partial charge >= 0.3 is 0 Å². The van der Waals surface area contributed by atoms with E-state index in [1.54, 1.807) is 6.07 Å². The molecule has 5 heteroatoms. The van der Waals surface area contributed by atoms with Gasteiger partial charge in [-0.25, -0.2) is 9.97 Å². The van der Waals surface area contributed by atoms with Gasteiger partial charge in [0.05, 0.1) is 7.11 Å². The van der Waals surface area contributed by atoms with Crippen molar-refractivity contribution in [2.24, 2.45) is 0 Å². The zero-order valence-corrected chi connectivity index (χ0v) is 9.35. The molecule has 0 bridgehead atoms. The number of hydrogen-bond donors (Lipinski definition) is 0. The Kier molecular flexibility index (Phi) is 3.34. The van der Waals surface area contributed by atoms with E-state index >= 15 is 0 Å². The van der Waals surface area contributed by atoms with Crippen LogP contribution in [0.1, 0.15) is 29.8 Å². The van der Waals surface area contributed by atoms with Gasteiger partial charge in [-0.05, 0) is 19.3 Å². The number of piperidine rings is 1. The third kappa shape index (κ3) is 2.29. The molecule has 0 aromatic carbocycles. The standard InChI is InChI=1S/C11H15N3O2/c1-16-10-7-9(12-8-13-10)11(15)14-5-3-2-4-6-14/h7-8H,2-6H2,1H3. The topological polar surface area (TPSA) is 55.3 Å². The first-order valence-electron chi connectivity index (χ1n) is 5.46. The van der Waals surface area contributed by atoms with Crippen molar-refractivity contribution in [1.82, 2.24) is 14.9 Å². The summed E-state index contributed by atoms with van der Waals surface area (Å²) in [5.74, 6) is 0.399. The van der Waals surface area contributed by atoms with E-state index in [2.05, 4.69) is 9.97 Å². The molecule has 0 radical (unpaired) electrons. The zero-order valence-electron chi connectivity index (χ0n) is 9.35. The van der Waals surface area contributed by atoms with Gasteiger partial charge in [0.15, 0.2) is 0 Å². The zero-order chi connectivity index (χ0) is 11.4. The number of carbonyl (C=O) groups excluding carboxylic acids is 1. The third-order valence-electron chi connectivity index (χ3n) is 2.71. The molecule has 1 amide bonds.